The van der Waals surface area contributed by atoms with Crippen LogP contribution in [-0.4, -0.2) is 23.2 Å². The van der Waals surface area contributed by atoms with Crippen molar-refractivity contribution in [3.8, 4) is 0 Å². The number of amides is 2. The number of benzene rings is 1. The van der Waals surface area contributed by atoms with Gasteiger partial charge in [0.2, 0.25) is 5.76 Å². The van der Waals surface area contributed by atoms with E-state index in [0.717, 1.165) is 0 Å². The molecular formula is C12H11NO4. The molecule has 0 aromatic heterocycles. The van der Waals surface area contributed by atoms with E-state index in [-0.39, 0.29) is 5.76 Å². The predicted octanol–water partition coefficient (Wildman–Crippen LogP) is 1.04. The second-order valence-corrected chi connectivity index (χ2v) is 3.63. The highest BCUT2D eigenvalue weighted by atomic mass is 16.6. The number of rotatable bonds is 2. The molecule has 88 valence electrons. The Bertz CT molecular complexity index is 490. The Morgan fingerprint density at radius 1 is 1.29 bits per heavy atom. The Morgan fingerprint density at radius 3 is 2.41 bits per heavy atom. The van der Waals surface area contributed by atoms with Crippen molar-refractivity contribution in [2.75, 3.05) is 0 Å². The summed E-state index contributed by atoms with van der Waals surface area (Å²) in [7, 11) is 0. The Kier molecular flexibility index (Phi) is 2.93. The molecule has 0 aliphatic carbocycles. The molecule has 1 aromatic rings. The summed E-state index contributed by atoms with van der Waals surface area (Å²) in [4.78, 5) is 22.4. The molecule has 0 radical (unpaired) electrons. The number of hydrogen-bond donors (Lipinski definition) is 2. The van der Waals surface area contributed by atoms with Crippen molar-refractivity contribution in [1.82, 2.24) is 5.32 Å². The molecular weight excluding hydrogens is 222 g/mol. The molecule has 5 heteroatoms. The summed E-state index contributed by atoms with van der Waals surface area (Å²) in [6.45, 7) is 1.51. The first-order valence-electron chi connectivity index (χ1n) is 5.10. The summed E-state index contributed by atoms with van der Waals surface area (Å²) in [5.74, 6) is -0.772. The van der Waals surface area contributed by atoms with Crippen molar-refractivity contribution in [1.29, 1.82) is 0 Å². The highest BCUT2D eigenvalue weighted by Crippen LogP contribution is 2.25. The van der Waals surface area contributed by atoms with E-state index in [4.69, 9.17) is 4.74 Å². The minimum atomic E-state index is -0.913. The van der Waals surface area contributed by atoms with Crippen molar-refractivity contribution in [2.24, 2.45) is 0 Å². The van der Waals surface area contributed by atoms with Crippen molar-refractivity contribution in [3.63, 3.8) is 0 Å². The number of alkyl carbamates (subject to hydrolysis) is 1. The van der Waals surface area contributed by atoms with Gasteiger partial charge >= 0.3 is 6.09 Å². The topological polar surface area (TPSA) is 75.6 Å². The van der Waals surface area contributed by atoms with Crippen LogP contribution in [0.3, 0.4) is 0 Å². The first-order chi connectivity index (χ1) is 8.09. The first kappa shape index (κ1) is 11.3. The molecule has 1 fully saturated rings. The minimum absolute atomic E-state index is 0.142. The SMILES string of the molecule is CC(O)/C(=C1/OC(=O)NC1=O)c1ccccc1. The first-order valence-corrected chi connectivity index (χ1v) is 5.10. The lowest BCUT2D eigenvalue weighted by molar-refractivity contribution is -0.116. The zero-order valence-electron chi connectivity index (χ0n) is 9.14. The van der Waals surface area contributed by atoms with E-state index in [9.17, 15) is 14.7 Å². The molecule has 1 unspecified atom stereocenters. The van der Waals surface area contributed by atoms with E-state index in [1.165, 1.54) is 6.92 Å². The van der Waals surface area contributed by atoms with E-state index in [0.29, 0.717) is 11.1 Å². The molecule has 0 bridgehead atoms. The molecule has 17 heavy (non-hydrogen) atoms. The molecule has 0 spiro atoms. The molecule has 1 aliphatic heterocycles. The summed E-state index contributed by atoms with van der Waals surface area (Å²) in [5, 5.41) is 11.7. The van der Waals surface area contributed by atoms with Gasteiger partial charge in [0.05, 0.1) is 6.10 Å². The molecule has 1 heterocycles. The maximum absolute atomic E-state index is 11.5. The van der Waals surface area contributed by atoms with Crippen molar-refractivity contribution < 1.29 is 19.4 Å². The van der Waals surface area contributed by atoms with Crippen LogP contribution in [0.25, 0.3) is 5.57 Å². The maximum Gasteiger partial charge on any atom is 0.419 e. The number of aliphatic hydroxyl groups excluding tert-OH is 1. The number of imide groups is 1. The third kappa shape index (κ3) is 2.19. The van der Waals surface area contributed by atoms with E-state index in [1.54, 1.807) is 24.3 Å². The molecule has 2 rings (SSSR count). The summed E-state index contributed by atoms with van der Waals surface area (Å²) in [5.41, 5.74) is 0.941. The van der Waals surface area contributed by atoms with E-state index in [1.807, 2.05) is 11.4 Å². The van der Waals surface area contributed by atoms with Crippen LogP contribution < -0.4 is 5.32 Å². The Labute approximate surface area is 97.7 Å². The molecule has 5 nitrogen and oxygen atoms in total. The lowest BCUT2D eigenvalue weighted by atomic mass is 10.00. The van der Waals surface area contributed by atoms with E-state index in [2.05, 4.69) is 0 Å². The smallest absolute Gasteiger partial charge is 0.404 e. The maximum atomic E-state index is 11.5. The molecule has 1 aromatic carbocycles. The lowest BCUT2D eigenvalue weighted by Crippen LogP contribution is -2.19. The second kappa shape index (κ2) is 4.39. The van der Waals surface area contributed by atoms with Gasteiger partial charge in [-0.05, 0) is 12.5 Å². The van der Waals surface area contributed by atoms with Gasteiger partial charge in [0, 0.05) is 5.57 Å². The van der Waals surface area contributed by atoms with Gasteiger partial charge in [0.15, 0.2) is 0 Å². The van der Waals surface area contributed by atoms with E-state index >= 15 is 0 Å². The third-order valence-corrected chi connectivity index (χ3v) is 2.36. The summed E-state index contributed by atoms with van der Waals surface area (Å²) < 4.78 is 4.77. The third-order valence-electron chi connectivity index (χ3n) is 2.36. The van der Waals surface area contributed by atoms with Crippen LogP contribution in [0.15, 0.2) is 36.1 Å². The number of nitrogens with one attached hydrogen (secondary N) is 1. The van der Waals surface area contributed by atoms with Gasteiger partial charge in [-0.15, -0.1) is 0 Å². The zero-order chi connectivity index (χ0) is 12.4. The Morgan fingerprint density at radius 2 is 1.94 bits per heavy atom. The van der Waals surface area contributed by atoms with E-state index < -0.39 is 18.1 Å². The van der Waals surface area contributed by atoms with Gasteiger partial charge < -0.3 is 9.84 Å². The number of cyclic esters (lactones) is 1. The van der Waals surface area contributed by atoms with Gasteiger partial charge in [0.25, 0.3) is 5.91 Å². The number of ether oxygens (including phenoxy) is 1. The Balaban J connectivity index is 2.53. The highest BCUT2D eigenvalue weighted by Gasteiger charge is 2.31. The molecule has 1 saturated heterocycles. The molecule has 2 N–H and O–H groups in total. The highest BCUT2D eigenvalue weighted by molar-refractivity contribution is 6.12. The van der Waals surface area contributed by atoms with Crippen LogP contribution >= 0.6 is 0 Å². The van der Waals surface area contributed by atoms with Crippen molar-refractivity contribution in [3.05, 3.63) is 41.7 Å². The molecule has 1 aliphatic rings. The van der Waals surface area contributed by atoms with Gasteiger partial charge in [-0.1, -0.05) is 30.3 Å². The largest absolute Gasteiger partial charge is 0.419 e. The molecule has 0 saturated carbocycles. The number of hydrogen-bond acceptors (Lipinski definition) is 4. The van der Waals surface area contributed by atoms with Crippen LogP contribution in [0.2, 0.25) is 0 Å². The second-order valence-electron chi connectivity index (χ2n) is 3.63. The van der Waals surface area contributed by atoms with Crippen molar-refractivity contribution >= 4 is 17.6 Å². The Hall–Kier alpha value is -2.14. The fraction of sp³-hybridized carbons (Fsp3) is 0.167. The fourth-order valence-corrected chi connectivity index (χ4v) is 1.67. The van der Waals surface area contributed by atoms with Crippen LogP contribution in [0.1, 0.15) is 12.5 Å². The lowest BCUT2D eigenvalue weighted by Gasteiger charge is -2.11. The van der Waals surface area contributed by atoms with Crippen LogP contribution in [0.5, 0.6) is 0 Å². The summed E-state index contributed by atoms with van der Waals surface area (Å²) in [6, 6.07) is 8.82. The van der Waals surface area contributed by atoms with Gasteiger partial charge in [-0.25, -0.2) is 4.79 Å². The summed E-state index contributed by atoms with van der Waals surface area (Å²) >= 11 is 0. The summed E-state index contributed by atoms with van der Waals surface area (Å²) in [6.07, 6.45) is -1.73. The standard InChI is InChI=1S/C12H11NO4/c1-7(14)9(8-5-3-2-4-6-8)10-11(15)13-12(16)17-10/h2-7,14H,1H3,(H,13,15,16)/b10-9-. The van der Waals surface area contributed by atoms with Crippen molar-refractivity contribution in [2.45, 2.75) is 13.0 Å². The average molecular weight is 233 g/mol. The number of carbonyl (C=O) groups excluding carboxylic acids is 2. The average Bonchev–Trinajstić information content (AvgIpc) is 2.59. The fourth-order valence-electron chi connectivity index (χ4n) is 1.67. The molecule has 1 atom stereocenters. The van der Waals surface area contributed by atoms with Gasteiger partial charge in [-0.3, -0.25) is 10.1 Å². The van der Waals surface area contributed by atoms with Gasteiger partial charge in [0.1, 0.15) is 0 Å². The van der Waals surface area contributed by atoms with Crippen LogP contribution in [-0.2, 0) is 9.53 Å². The quantitative estimate of drug-likeness (QED) is 0.748. The molecule has 2 amide bonds. The minimum Gasteiger partial charge on any atom is -0.404 e. The van der Waals surface area contributed by atoms with Crippen LogP contribution in [0.4, 0.5) is 4.79 Å². The van der Waals surface area contributed by atoms with Gasteiger partial charge in [-0.2, -0.15) is 0 Å². The number of carbonyl (C=O) groups is 2. The number of aliphatic hydroxyl groups is 1. The van der Waals surface area contributed by atoms with Crippen LogP contribution in [0, 0.1) is 0 Å². The zero-order valence-corrected chi connectivity index (χ0v) is 9.14. The predicted molar refractivity (Wildman–Crippen MR) is 59.7 cm³/mol. The normalized spacial score (nSPS) is 19.6. The monoisotopic (exact) mass is 233 g/mol.